The molecule has 0 unspecified atom stereocenters. The molecule has 0 aromatic rings. The Kier molecular flexibility index (Phi) is 0.786. The second-order valence-corrected chi connectivity index (χ2v) is 1.34. The average Bonchev–Trinajstić information content (AvgIpc) is 1.86. The first-order chi connectivity index (χ1) is 2.89. The monoisotopic (exact) mass is 78.1 g/mol. The quantitative estimate of drug-likeness (QED) is 0.376. The fraction of sp³-hybridized carbons (Fsp3) is 0.250. The molecule has 29 valence electrons. The Balaban J connectivity index is 2.61. The Bertz CT molecular complexity index is 104. The molecule has 1 aliphatic rings. The molecule has 0 saturated heterocycles. The fourth-order valence-corrected chi connectivity index (χ4v) is 0.364. The van der Waals surface area contributed by atoms with Crippen LogP contribution in [0.15, 0.2) is 16.5 Å². The van der Waals surface area contributed by atoms with E-state index in [2.05, 4.69) is 4.90 Å². The van der Waals surface area contributed by atoms with E-state index in [1.54, 1.807) is 6.21 Å². The summed E-state index contributed by atoms with van der Waals surface area (Å²) in [5.74, 6) is 0. The molecule has 2 heteroatoms. The minimum absolute atomic E-state index is 1.23. The second-order valence-electron chi connectivity index (χ2n) is 1.34. The predicted molar refractivity (Wildman–Crippen MR) is 28.0 cm³/mol. The summed E-state index contributed by atoms with van der Waals surface area (Å²) in [5.41, 5.74) is 1.23. The molecule has 6 heavy (non-hydrogen) atoms. The van der Waals surface area contributed by atoms with Crippen LogP contribution in [0.4, 0.5) is 0 Å². The zero-order valence-electron chi connectivity index (χ0n) is 3.68. The lowest BCUT2D eigenvalue weighted by molar-refractivity contribution is 1.67. The Morgan fingerprint density at radius 3 is 2.83 bits per heavy atom. The van der Waals surface area contributed by atoms with Gasteiger partial charge in [-0.05, 0) is 0 Å². The second kappa shape index (κ2) is 1.29. The van der Waals surface area contributed by atoms with Crippen molar-refractivity contribution in [2.24, 2.45) is 4.90 Å². The lowest BCUT2D eigenvalue weighted by Gasteiger charge is -1.73. The van der Waals surface area contributed by atoms with Gasteiger partial charge in [0.1, 0.15) is 0 Å². The highest BCUT2D eigenvalue weighted by Gasteiger charge is 1.91. The minimum atomic E-state index is 1.23. The van der Waals surface area contributed by atoms with Crippen molar-refractivity contribution in [3.8, 4) is 0 Å². The van der Waals surface area contributed by atoms with Gasteiger partial charge in [0.15, 0.2) is 0 Å². The van der Waals surface area contributed by atoms with Gasteiger partial charge in [-0.25, -0.2) is 0 Å². The van der Waals surface area contributed by atoms with E-state index in [9.17, 15) is 0 Å². The summed E-state index contributed by atoms with van der Waals surface area (Å²) in [6.07, 6.45) is 3.76. The summed E-state index contributed by atoms with van der Waals surface area (Å²) in [6.45, 7) is 2.02. The van der Waals surface area contributed by atoms with Gasteiger partial charge in [-0.1, -0.05) is 18.5 Å². The van der Waals surface area contributed by atoms with Crippen LogP contribution in [0.1, 0.15) is 6.92 Å². The zero-order chi connectivity index (χ0) is 4.41. The van der Waals surface area contributed by atoms with Gasteiger partial charge in [0.2, 0.25) is 0 Å². The topological polar surface area (TPSA) is 12.4 Å². The van der Waals surface area contributed by atoms with Gasteiger partial charge in [0.25, 0.3) is 0 Å². The highest BCUT2D eigenvalue weighted by atomic mass is 14.6. The lowest BCUT2D eigenvalue weighted by Crippen LogP contribution is -1.77. The molecule has 0 spiro atoms. The molecule has 1 aliphatic heterocycles. The maximum atomic E-state index is 3.82. The van der Waals surface area contributed by atoms with E-state index in [0.717, 1.165) is 0 Å². The van der Waals surface area contributed by atoms with E-state index in [-0.39, 0.29) is 0 Å². The van der Waals surface area contributed by atoms with E-state index < -0.39 is 0 Å². The maximum Gasteiger partial charge on any atom is 0.307 e. The van der Waals surface area contributed by atoms with E-state index in [1.165, 1.54) is 5.47 Å². The molecule has 0 aromatic carbocycles. The molecule has 1 rings (SSSR count). The number of hydrogen-bond donors (Lipinski definition) is 0. The van der Waals surface area contributed by atoms with Crippen molar-refractivity contribution < 1.29 is 0 Å². The Hall–Kier alpha value is -0.525. The maximum absolute atomic E-state index is 3.82. The minimum Gasteiger partial charge on any atom is -0.349 e. The molecule has 0 bridgehead atoms. The summed E-state index contributed by atoms with van der Waals surface area (Å²) in [4.78, 5) is 3.82. The molecular formula is C4H5BN. The third kappa shape index (κ3) is 0.508. The zero-order valence-corrected chi connectivity index (χ0v) is 3.68. The van der Waals surface area contributed by atoms with Gasteiger partial charge in [-0.15, -0.1) is 0 Å². The summed E-state index contributed by atoms with van der Waals surface area (Å²) >= 11 is 0. The molecule has 1 radical (unpaired) electrons. The van der Waals surface area contributed by atoms with Crippen LogP contribution in [0.25, 0.3) is 0 Å². The molecule has 0 N–H and O–H groups in total. The molecule has 1 heterocycles. The van der Waals surface area contributed by atoms with Crippen LogP contribution in [-0.2, 0) is 0 Å². The lowest BCUT2D eigenvalue weighted by atomic mass is 9.87. The first-order valence-corrected chi connectivity index (χ1v) is 1.93. The standard InChI is InChI=1S/C4H5BN/c1-4-2-3-6-5-4/h2-3H,1H3. The van der Waals surface area contributed by atoms with Crippen LogP contribution in [0, 0.1) is 0 Å². The fourth-order valence-electron chi connectivity index (χ4n) is 0.364. The van der Waals surface area contributed by atoms with E-state index in [4.69, 9.17) is 0 Å². The molecule has 0 amide bonds. The van der Waals surface area contributed by atoms with Crippen LogP contribution in [0.3, 0.4) is 0 Å². The SMILES string of the molecule is CC1=CC=N[B]1. The van der Waals surface area contributed by atoms with Gasteiger partial charge in [0.05, 0.1) is 0 Å². The van der Waals surface area contributed by atoms with Crippen LogP contribution in [0.5, 0.6) is 0 Å². The normalized spacial score (nSPS) is 17.2. The Morgan fingerprint density at radius 1 is 1.83 bits per heavy atom. The molecular weight excluding hydrogens is 72.9 g/mol. The summed E-state index contributed by atoms with van der Waals surface area (Å²) in [5, 5.41) is 0. The molecule has 0 aromatic heterocycles. The molecule has 0 fully saturated rings. The van der Waals surface area contributed by atoms with Gasteiger partial charge in [0, 0.05) is 6.21 Å². The Morgan fingerprint density at radius 2 is 2.67 bits per heavy atom. The first kappa shape index (κ1) is 3.66. The van der Waals surface area contributed by atoms with E-state index in [0.29, 0.717) is 0 Å². The van der Waals surface area contributed by atoms with E-state index >= 15 is 0 Å². The number of hydrogen-bond acceptors (Lipinski definition) is 1. The molecule has 0 atom stereocenters. The Labute approximate surface area is 38.0 Å². The third-order valence-electron chi connectivity index (χ3n) is 0.702. The number of allylic oxidation sites excluding steroid dienone is 2. The van der Waals surface area contributed by atoms with Gasteiger partial charge in [-0.2, -0.15) is 0 Å². The summed E-state index contributed by atoms with van der Waals surface area (Å²) in [7, 11) is 1.83. The van der Waals surface area contributed by atoms with Crippen molar-refractivity contribution in [3.05, 3.63) is 11.5 Å². The third-order valence-corrected chi connectivity index (χ3v) is 0.702. The largest absolute Gasteiger partial charge is 0.349 e. The highest BCUT2D eigenvalue weighted by Crippen LogP contribution is 1.92. The first-order valence-electron chi connectivity index (χ1n) is 1.93. The van der Waals surface area contributed by atoms with Crippen molar-refractivity contribution in [1.29, 1.82) is 0 Å². The highest BCUT2D eigenvalue weighted by molar-refractivity contribution is 6.47. The van der Waals surface area contributed by atoms with Crippen molar-refractivity contribution >= 4 is 13.6 Å². The van der Waals surface area contributed by atoms with Crippen molar-refractivity contribution in [2.45, 2.75) is 6.92 Å². The van der Waals surface area contributed by atoms with Crippen molar-refractivity contribution in [1.82, 2.24) is 0 Å². The van der Waals surface area contributed by atoms with E-state index in [1.807, 2.05) is 20.4 Å². The summed E-state index contributed by atoms with van der Waals surface area (Å²) < 4.78 is 0. The van der Waals surface area contributed by atoms with Crippen LogP contribution in [-0.4, -0.2) is 13.6 Å². The molecule has 0 saturated carbocycles. The van der Waals surface area contributed by atoms with Crippen LogP contribution >= 0.6 is 0 Å². The average molecular weight is 77.9 g/mol. The van der Waals surface area contributed by atoms with Crippen LogP contribution in [0.2, 0.25) is 0 Å². The van der Waals surface area contributed by atoms with Crippen LogP contribution < -0.4 is 0 Å². The number of rotatable bonds is 0. The summed E-state index contributed by atoms with van der Waals surface area (Å²) in [6, 6.07) is 0. The molecule has 0 aliphatic carbocycles. The van der Waals surface area contributed by atoms with Gasteiger partial charge < -0.3 is 4.90 Å². The van der Waals surface area contributed by atoms with Crippen molar-refractivity contribution in [3.63, 3.8) is 0 Å². The number of nitrogens with zero attached hydrogens (tertiary/aromatic N) is 1. The van der Waals surface area contributed by atoms with Gasteiger partial charge >= 0.3 is 7.41 Å². The van der Waals surface area contributed by atoms with Gasteiger partial charge in [-0.3, -0.25) is 0 Å². The van der Waals surface area contributed by atoms with Crippen molar-refractivity contribution in [2.75, 3.05) is 0 Å². The molecule has 1 nitrogen and oxygen atoms in total. The predicted octanol–water partition coefficient (Wildman–Crippen LogP) is 0.594. The smallest absolute Gasteiger partial charge is 0.307 e.